The fraction of sp³-hybridized carbons (Fsp3) is 0.333. The summed E-state index contributed by atoms with van der Waals surface area (Å²) in [6, 6.07) is 5.49. The lowest BCUT2D eigenvalue weighted by atomic mass is 10.1. The normalized spacial score (nSPS) is 12.7. The first kappa shape index (κ1) is 13.6. The van der Waals surface area contributed by atoms with Gasteiger partial charge in [0.25, 0.3) is 0 Å². The van der Waals surface area contributed by atoms with Gasteiger partial charge < -0.3 is 10.3 Å². The van der Waals surface area contributed by atoms with Gasteiger partial charge in [-0.25, -0.2) is 0 Å². The number of unbranched alkanes of at least 4 members (excludes halogenated alkanes) is 1. The predicted molar refractivity (Wildman–Crippen MR) is 79.3 cm³/mol. The van der Waals surface area contributed by atoms with Crippen molar-refractivity contribution < 1.29 is 4.52 Å². The summed E-state index contributed by atoms with van der Waals surface area (Å²) < 4.78 is 5.27. The van der Waals surface area contributed by atoms with Crippen LogP contribution in [-0.2, 0) is 0 Å². The van der Waals surface area contributed by atoms with Gasteiger partial charge >= 0.3 is 0 Å². The van der Waals surface area contributed by atoms with E-state index in [2.05, 4.69) is 27.0 Å². The molecule has 0 saturated carbocycles. The Morgan fingerprint density at radius 3 is 2.81 bits per heavy atom. The number of nitrogens with two attached hydrogens (primary N) is 1. The molecule has 0 unspecified atom stereocenters. The highest BCUT2D eigenvalue weighted by molar-refractivity contribution is 5.79. The molecule has 0 aliphatic carbocycles. The summed E-state index contributed by atoms with van der Waals surface area (Å²) in [5.74, 6) is 1.02. The van der Waals surface area contributed by atoms with Gasteiger partial charge in [0, 0.05) is 18.0 Å². The van der Waals surface area contributed by atoms with E-state index < -0.39 is 0 Å². The molecule has 1 atom stereocenters. The maximum atomic E-state index is 6.04. The van der Waals surface area contributed by atoms with Gasteiger partial charge in [-0.1, -0.05) is 24.9 Å². The van der Waals surface area contributed by atoms with Gasteiger partial charge in [0.2, 0.25) is 11.7 Å². The first-order valence-corrected chi connectivity index (χ1v) is 7.08. The van der Waals surface area contributed by atoms with Crippen LogP contribution in [0.15, 0.2) is 35.1 Å². The molecule has 6 nitrogen and oxygen atoms in total. The third kappa shape index (κ3) is 2.90. The number of nitrogens with zero attached hydrogens (tertiary/aromatic N) is 4. The molecule has 0 radical (unpaired) electrons. The van der Waals surface area contributed by atoms with Crippen molar-refractivity contribution in [2.24, 2.45) is 5.73 Å². The Kier molecular flexibility index (Phi) is 3.87. The van der Waals surface area contributed by atoms with Gasteiger partial charge in [-0.3, -0.25) is 9.97 Å². The molecular formula is C15H17N5O. The first-order valence-electron chi connectivity index (χ1n) is 7.08. The standard InChI is InChI=1S/C15H17N5O/c1-2-3-4-11(16)15-19-14(20-21-15)10-5-6-12-13(9-10)18-8-7-17-12/h5-9,11H,2-4,16H2,1H3/t11-/m0/s1. The molecule has 0 fully saturated rings. The van der Waals surface area contributed by atoms with E-state index in [0.29, 0.717) is 11.7 Å². The second-order valence-electron chi connectivity index (χ2n) is 4.96. The third-order valence-corrected chi connectivity index (χ3v) is 3.36. The second-order valence-corrected chi connectivity index (χ2v) is 4.96. The summed E-state index contributed by atoms with van der Waals surface area (Å²) in [5, 5.41) is 4.01. The van der Waals surface area contributed by atoms with Crippen molar-refractivity contribution >= 4 is 11.0 Å². The van der Waals surface area contributed by atoms with Gasteiger partial charge in [-0.2, -0.15) is 4.98 Å². The van der Waals surface area contributed by atoms with Crippen molar-refractivity contribution in [1.82, 2.24) is 20.1 Å². The summed E-state index contributed by atoms with van der Waals surface area (Å²) in [7, 11) is 0. The van der Waals surface area contributed by atoms with Gasteiger partial charge in [0.15, 0.2) is 0 Å². The van der Waals surface area contributed by atoms with Crippen LogP contribution >= 0.6 is 0 Å². The molecule has 108 valence electrons. The van der Waals surface area contributed by atoms with Crippen molar-refractivity contribution in [1.29, 1.82) is 0 Å². The average molecular weight is 283 g/mol. The quantitative estimate of drug-likeness (QED) is 0.774. The maximum absolute atomic E-state index is 6.04. The minimum absolute atomic E-state index is 0.202. The van der Waals surface area contributed by atoms with Crippen LogP contribution in [-0.4, -0.2) is 20.1 Å². The fourth-order valence-electron chi connectivity index (χ4n) is 2.15. The Morgan fingerprint density at radius 1 is 1.19 bits per heavy atom. The molecule has 2 aromatic heterocycles. The monoisotopic (exact) mass is 283 g/mol. The molecule has 0 aliphatic rings. The summed E-state index contributed by atoms with van der Waals surface area (Å²) >= 11 is 0. The van der Waals surface area contributed by atoms with E-state index in [4.69, 9.17) is 10.3 Å². The number of hydrogen-bond donors (Lipinski definition) is 1. The van der Waals surface area contributed by atoms with E-state index in [1.165, 1.54) is 0 Å². The Bertz CT molecular complexity index is 740. The lowest BCUT2D eigenvalue weighted by Gasteiger charge is -2.03. The van der Waals surface area contributed by atoms with Crippen LogP contribution in [0.2, 0.25) is 0 Å². The molecule has 0 saturated heterocycles. The predicted octanol–water partition coefficient (Wildman–Crippen LogP) is 2.87. The van der Waals surface area contributed by atoms with Gasteiger partial charge in [0.1, 0.15) is 0 Å². The minimum Gasteiger partial charge on any atom is -0.337 e. The van der Waals surface area contributed by atoms with Gasteiger partial charge in [0.05, 0.1) is 17.1 Å². The minimum atomic E-state index is -0.202. The van der Waals surface area contributed by atoms with Crippen molar-refractivity contribution in [2.75, 3.05) is 0 Å². The van der Waals surface area contributed by atoms with Crippen molar-refractivity contribution in [3.63, 3.8) is 0 Å². The van der Waals surface area contributed by atoms with Crippen LogP contribution in [0.1, 0.15) is 38.1 Å². The lowest BCUT2D eigenvalue weighted by Crippen LogP contribution is -2.10. The fourth-order valence-corrected chi connectivity index (χ4v) is 2.15. The zero-order valence-electron chi connectivity index (χ0n) is 11.9. The SMILES string of the molecule is CCCC[C@H](N)c1nc(-c2ccc3nccnc3c2)no1. The number of fused-ring (bicyclic) bond motifs is 1. The summed E-state index contributed by atoms with van der Waals surface area (Å²) in [4.78, 5) is 12.9. The highest BCUT2D eigenvalue weighted by atomic mass is 16.5. The van der Waals surface area contributed by atoms with Crippen molar-refractivity contribution in [3.8, 4) is 11.4 Å². The van der Waals surface area contributed by atoms with E-state index >= 15 is 0 Å². The van der Waals surface area contributed by atoms with E-state index in [1.54, 1.807) is 12.4 Å². The number of aromatic nitrogens is 4. The van der Waals surface area contributed by atoms with Crippen molar-refractivity contribution in [3.05, 3.63) is 36.5 Å². The Morgan fingerprint density at radius 2 is 2.00 bits per heavy atom. The van der Waals surface area contributed by atoms with E-state index in [1.807, 2.05) is 18.2 Å². The summed E-state index contributed by atoms with van der Waals surface area (Å²) in [6.07, 6.45) is 6.32. The lowest BCUT2D eigenvalue weighted by molar-refractivity contribution is 0.346. The zero-order valence-corrected chi connectivity index (χ0v) is 11.9. The molecule has 3 aromatic rings. The smallest absolute Gasteiger partial charge is 0.243 e. The van der Waals surface area contributed by atoms with E-state index in [9.17, 15) is 0 Å². The van der Waals surface area contributed by atoms with Crippen LogP contribution < -0.4 is 5.73 Å². The molecule has 6 heteroatoms. The van der Waals surface area contributed by atoms with E-state index in [0.717, 1.165) is 35.9 Å². The molecule has 0 amide bonds. The molecule has 0 bridgehead atoms. The van der Waals surface area contributed by atoms with Crippen LogP contribution in [0.4, 0.5) is 0 Å². The largest absolute Gasteiger partial charge is 0.337 e. The van der Waals surface area contributed by atoms with Gasteiger partial charge in [-0.15, -0.1) is 0 Å². The Hall–Kier alpha value is -2.34. The Balaban J connectivity index is 1.87. The Labute approximate surface area is 122 Å². The molecule has 21 heavy (non-hydrogen) atoms. The zero-order chi connectivity index (χ0) is 14.7. The number of benzene rings is 1. The first-order chi connectivity index (χ1) is 10.3. The number of rotatable bonds is 5. The maximum Gasteiger partial charge on any atom is 0.243 e. The summed E-state index contributed by atoms with van der Waals surface area (Å²) in [6.45, 7) is 2.13. The average Bonchev–Trinajstić information content (AvgIpc) is 3.02. The molecule has 1 aromatic carbocycles. The van der Waals surface area contributed by atoms with Crippen LogP contribution in [0.3, 0.4) is 0 Å². The third-order valence-electron chi connectivity index (χ3n) is 3.36. The molecule has 0 aliphatic heterocycles. The van der Waals surface area contributed by atoms with Crippen LogP contribution in [0, 0.1) is 0 Å². The van der Waals surface area contributed by atoms with Gasteiger partial charge in [-0.05, 0) is 24.6 Å². The molecule has 0 spiro atoms. The molecular weight excluding hydrogens is 266 g/mol. The van der Waals surface area contributed by atoms with E-state index in [-0.39, 0.29) is 6.04 Å². The molecule has 2 N–H and O–H groups in total. The topological polar surface area (TPSA) is 90.7 Å². The molecule has 2 heterocycles. The highest BCUT2D eigenvalue weighted by Gasteiger charge is 2.15. The van der Waals surface area contributed by atoms with Crippen LogP contribution in [0.25, 0.3) is 22.4 Å². The number of hydrogen-bond acceptors (Lipinski definition) is 6. The van der Waals surface area contributed by atoms with Crippen molar-refractivity contribution in [2.45, 2.75) is 32.2 Å². The second kappa shape index (κ2) is 5.97. The molecule has 3 rings (SSSR count). The highest BCUT2D eigenvalue weighted by Crippen LogP contribution is 2.22. The summed E-state index contributed by atoms with van der Waals surface area (Å²) in [5.41, 5.74) is 8.53. The van der Waals surface area contributed by atoms with Crippen LogP contribution in [0.5, 0.6) is 0 Å².